The molecule has 0 saturated carbocycles. The number of nitrogens with zero attached hydrogens (tertiary/aromatic N) is 2. The molecular formula is C18H15F3N2O2. The van der Waals surface area contributed by atoms with Gasteiger partial charge in [-0.3, -0.25) is 14.8 Å². The van der Waals surface area contributed by atoms with Gasteiger partial charge in [0.15, 0.2) is 5.78 Å². The fourth-order valence-electron chi connectivity index (χ4n) is 2.66. The highest BCUT2D eigenvalue weighted by molar-refractivity contribution is 6.15. The summed E-state index contributed by atoms with van der Waals surface area (Å²) in [6.07, 6.45) is -1.08. The maximum absolute atomic E-state index is 12.9. The highest BCUT2D eigenvalue weighted by Gasteiger charge is 2.32. The van der Waals surface area contributed by atoms with Crippen LogP contribution in [0.2, 0.25) is 0 Å². The molecule has 1 aromatic carbocycles. The van der Waals surface area contributed by atoms with Gasteiger partial charge in [0, 0.05) is 12.4 Å². The lowest BCUT2D eigenvalue weighted by atomic mass is 10.0. The Kier molecular flexibility index (Phi) is 4.94. The van der Waals surface area contributed by atoms with Crippen LogP contribution in [-0.4, -0.2) is 29.7 Å². The molecule has 0 fully saturated rings. The second kappa shape index (κ2) is 7.14. The van der Waals surface area contributed by atoms with E-state index in [2.05, 4.69) is 9.98 Å². The molecule has 7 heteroatoms. The summed E-state index contributed by atoms with van der Waals surface area (Å²) in [5.41, 5.74) is 1.13. The first-order valence-electron chi connectivity index (χ1n) is 7.71. The minimum absolute atomic E-state index is 0.0842. The van der Waals surface area contributed by atoms with Crippen LogP contribution >= 0.6 is 0 Å². The van der Waals surface area contributed by atoms with Gasteiger partial charge >= 0.3 is 6.18 Å². The van der Waals surface area contributed by atoms with Crippen molar-refractivity contribution in [2.24, 2.45) is 4.99 Å². The molecule has 0 atom stereocenters. The number of Topliss-reactive ketones (excluding diaryl/α,β-unsaturated/α-hetero) is 1. The van der Waals surface area contributed by atoms with Gasteiger partial charge < -0.3 is 4.74 Å². The molecule has 2 heterocycles. The third-order valence-corrected chi connectivity index (χ3v) is 3.85. The average Bonchev–Trinajstić information content (AvgIpc) is 2.58. The number of halogens is 3. The number of benzene rings is 1. The number of hydrogen-bond acceptors (Lipinski definition) is 4. The van der Waals surface area contributed by atoms with Crippen LogP contribution in [0.3, 0.4) is 0 Å². The molecule has 0 spiro atoms. The summed E-state index contributed by atoms with van der Waals surface area (Å²) >= 11 is 0. The van der Waals surface area contributed by atoms with Gasteiger partial charge in [-0.25, -0.2) is 0 Å². The van der Waals surface area contributed by atoms with Crippen LogP contribution in [0.25, 0.3) is 0 Å². The lowest BCUT2D eigenvalue weighted by Crippen LogP contribution is -2.19. The molecule has 1 aliphatic rings. The number of alkyl halides is 3. The predicted molar refractivity (Wildman–Crippen MR) is 86.2 cm³/mol. The zero-order valence-corrected chi connectivity index (χ0v) is 13.2. The second-order valence-corrected chi connectivity index (χ2v) is 5.63. The van der Waals surface area contributed by atoms with Crippen molar-refractivity contribution in [3.8, 4) is 0 Å². The van der Waals surface area contributed by atoms with Crippen LogP contribution in [-0.2, 0) is 17.3 Å². The van der Waals surface area contributed by atoms with E-state index < -0.39 is 11.7 Å². The molecule has 4 nitrogen and oxygen atoms in total. The third-order valence-electron chi connectivity index (χ3n) is 3.85. The summed E-state index contributed by atoms with van der Waals surface area (Å²) in [4.78, 5) is 20.2. The Hall–Kier alpha value is -2.54. The highest BCUT2D eigenvalue weighted by Crippen LogP contribution is 2.32. The van der Waals surface area contributed by atoms with E-state index in [-0.39, 0.29) is 37.4 Å². The Morgan fingerprint density at radius 2 is 1.96 bits per heavy atom. The number of pyridine rings is 1. The molecule has 0 radical (unpaired) electrons. The Bertz CT molecular complexity index is 816. The third kappa shape index (κ3) is 4.11. The van der Waals surface area contributed by atoms with Crippen LogP contribution in [0, 0.1) is 0 Å². The normalized spacial score (nSPS) is 14.2. The predicted octanol–water partition coefficient (Wildman–Crippen LogP) is 4.02. The molecule has 2 aromatic rings. The van der Waals surface area contributed by atoms with Gasteiger partial charge in [0.1, 0.15) is 0 Å². The number of aromatic nitrogens is 1. The van der Waals surface area contributed by atoms with Crippen LogP contribution < -0.4 is 0 Å². The van der Waals surface area contributed by atoms with Crippen LogP contribution in [0.4, 0.5) is 18.9 Å². The number of fused-ring (bicyclic) bond motifs is 1. The molecule has 0 bridgehead atoms. The van der Waals surface area contributed by atoms with Crippen LogP contribution in [0.5, 0.6) is 0 Å². The largest absolute Gasteiger partial charge is 0.416 e. The number of aliphatic imine (C=N–C) groups is 1. The van der Waals surface area contributed by atoms with Gasteiger partial charge in [-0.05, 0) is 24.1 Å². The number of ketones is 1. The maximum Gasteiger partial charge on any atom is 0.416 e. The Morgan fingerprint density at radius 3 is 2.76 bits per heavy atom. The van der Waals surface area contributed by atoms with Crippen molar-refractivity contribution in [1.82, 2.24) is 4.98 Å². The molecule has 0 N–H and O–H groups in total. The molecule has 1 aliphatic heterocycles. The van der Waals surface area contributed by atoms with Gasteiger partial charge in [-0.2, -0.15) is 13.2 Å². The van der Waals surface area contributed by atoms with Gasteiger partial charge in [0.2, 0.25) is 0 Å². The SMILES string of the molecule is O=C1CC(COCCc2ccccc2C(F)(F)F)=Nc2ccncc21. The number of carbonyl (C=O) groups excluding carboxylic acids is 1. The van der Waals surface area contributed by atoms with Crippen molar-refractivity contribution in [1.29, 1.82) is 0 Å². The van der Waals surface area contributed by atoms with Crippen molar-refractivity contribution >= 4 is 17.2 Å². The molecular weight excluding hydrogens is 333 g/mol. The van der Waals surface area contributed by atoms with E-state index in [0.29, 0.717) is 17.0 Å². The fraction of sp³-hybridized carbons (Fsp3) is 0.278. The van der Waals surface area contributed by atoms with Crippen LogP contribution in [0.15, 0.2) is 47.7 Å². The van der Waals surface area contributed by atoms with Crippen molar-refractivity contribution in [2.45, 2.75) is 19.0 Å². The van der Waals surface area contributed by atoms with Crippen molar-refractivity contribution < 1.29 is 22.7 Å². The lowest BCUT2D eigenvalue weighted by Gasteiger charge is -2.15. The van der Waals surface area contributed by atoms with E-state index in [1.54, 1.807) is 18.3 Å². The van der Waals surface area contributed by atoms with E-state index in [1.165, 1.54) is 18.3 Å². The smallest absolute Gasteiger partial charge is 0.375 e. The molecule has 0 saturated heterocycles. The van der Waals surface area contributed by atoms with Crippen LogP contribution in [0.1, 0.15) is 27.9 Å². The monoisotopic (exact) mass is 348 g/mol. The fourth-order valence-corrected chi connectivity index (χ4v) is 2.66. The van der Waals surface area contributed by atoms with Gasteiger partial charge in [0.05, 0.1) is 42.2 Å². The summed E-state index contributed by atoms with van der Waals surface area (Å²) in [5, 5.41) is 0. The van der Waals surface area contributed by atoms with E-state index in [4.69, 9.17) is 4.74 Å². The molecule has 0 amide bonds. The maximum atomic E-state index is 12.9. The van der Waals surface area contributed by atoms with Crippen molar-refractivity contribution in [3.05, 3.63) is 59.4 Å². The molecule has 3 rings (SSSR count). The summed E-state index contributed by atoms with van der Waals surface area (Å²) in [5.74, 6) is -0.0842. The first-order chi connectivity index (χ1) is 11.9. The average molecular weight is 348 g/mol. The number of hydrogen-bond donors (Lipinski definition) is 0. The first-order valence-corrected chi connectivity index (χ1v) is 7.71. The second-order valence-electron chi connectivity index (χ2n) is 5.63. The number of ether oxygens (including phenoxy) is 1. The quantitative estimate of drug-likeness (QED) is 0.767. The van der Waals surface area contributed by atoms with Gasteiger partial charge in [-0.15, -0.1) is 0 Å². The summed E-state index contributed by atoms with van der Waals surface area (Å²) < 4.78 is 44.2. The Morgan fingerprint density at radius 1 is 1.16 bits per heavy atom. The Balaban J connectivity index is 1.59. The number of rotatable bonds is 5. The molecule has 25 heavy (non-hydrogen) atoms. The molecule has 0 aliphatic carbocycles. The van der Waals surface area contributed by atoms with E-state index in [9.17, 15) is 18.0 Å². The summed E-state index contributed by atoms with van der Waals surface area (Å²) in [7, 11) is 0. The molecule has 0 unspecified atom stereocenters. The zero-order valence-electron chi connectivity index (χ0n) is 13.2. The van der Waals surface area contributed by atoms with E-state index >= 15 is 0 Å². The minimum Gasteiger partial charge on any atom is -0.375 e. The first kappa shape index (κ1) is 17.3. The summed E-state index contributed by atoms with van der Waals surface area (Å²) in [6.45, 7) is 0.227. The standard InChI is InChI=1S/C18H15F3N2O2/c19-18(20,21)15-4-2-1-3-12(15)6-8-25-11-13-9-17(24)14-10-22-7-5-16(14)23-13/h1-5,7,10H,6,8-9,11H2. The molecule has 130 valence electrons. The Labute approximate surface area is 142 Å². The molecule has 1 aromatic heterocycles. The van der Waals surface area contributed by atoms with E-state index in [0.717, 1.165) is 6.07 Å². The van der Waals surface area contributed by atoms with Crippen molar-refractivity contribution in [2.75, 3.05) is 13.2 Å². The van der Waals surface area contributed by atoms with Crippen molar-refractivity contribution in [3.63, 3.8) is 0 Å². The highest BCUT2D eigenvalue weighted by atomic mass is 19.4. The zero-order chi connectivity index (χ0) is 17.9. The van der Waals surface area contributed by atoms with Gasteiger partial charge in [-0.1, -0.05) is 18.2 Å². The summed E-state index contributed by atoms with van der Waals surface area (Å²) in [6, 6.07) is 7.08. The van der Waals surface area contributed by atoms with Gasteiger partial charge in [0.25, 0.3) is 0 Å². The number of carbonyl (C=O) groups is 1. The van der Waals surface area contributed by atoms with E-state index in [1.807, 2.05) is 0 Å². The topological polar surface area (TPSA) is 51.5 Å². The lowest BCUT2D eigenvalue weighted by molar-refractivity contribution is -0.138. The minimum atomic E-state index is -4.38.